The molecule has 2 N–H and O–H groups in total. The maximum atomic E-state index is 11.8. The van der Waals surface area contributed by atoms with Crippen LogP contribution in [-0.2, 0) is 14.3 Å². The maximum Gasteiger partial charge on any atom is 0.412 e. The summed E-state index contributed by atoms with van der Waals surface area (Å²) in [6, 6.07) is 6.66. The molecule has 0 aliphatic carbocycles. The molecule has 0 radical (unpaired) electrons. The van der Waals surface area contributed by atoms with Gasteiger partial charge in [0.2, 0.25) is 0 Å². The molecule has 0 fully saturated rings. The summed E-state index contributed by atoms with van der Waals surface area (Å²) in [6.07, 6.45) is -1.88. The number of methoxy groups -OCH3 is 1. The van der Waals surface area contributed by atoms with E-state index in [0.717, 1.165) is 0 Å². The summed E-state index contributed by atoms with van der Waals surface area (Å²) in [7, 11) is 1.25. The van der Waals surface area contributed by atoms with Crippen LogP contribution in [0.25, 0.3) is 0 Å². The SMILES string of the molecule is COC(=O)C[C@H](O)c1ccccc1NC(=O)OC(C)(C)C. The normalized spacial score (nSPS) is 12.4. The molecule has 0 spiro atoms. The summed E-state index contributed by atoms with van der Waals surface area (Å²) < 4.78 is 9.67. The van der Waals surface area contributed by atoms with E-state index in [-0.39, 0.29) is 6.42 Å². The second-order valence-corrected chi connectivity index (χ2v) is 5.51. The van der Waals surface area contributed by atoms with Crippen molar-refractivity contribution >= 4 is 17.7 Å². The summed E-state index contributed by atoms with van der Waals surface area (Å²) in [5.74, 6) is -0.533. The Hall–Kier alpha value is -2.08. The van der Waals surface area contributed by atoms with Crippen LogP contribution < -0.4 is 5.32 Å². The molecule has 0 saturated carbocycles. The third-order valence-corrected chi connectivity index (χ3v) is 2.54. The molecule has 21 heavy (non-hydrogen) atoms. The van der Waals surface area contributed by atoms with Gasteiger partial charge in [-0.1, -0.05) is 18.2 Å². The smallest absolute Gasteiger partial charge is 0.412 e. The first-order valence-corrected chi connectivity index (χ1v) is 6.56. The van der Waals surface area contributed by atoms with E-state index in [1.54, 1.807) is 45.0 Å². The van der Waals surface area contributed by atoms with Crippen LogP contribution in [0.3, 0.4) is 0 Å². The zero-order valence-electron chi connectivity index (χ0n) is 12.7. The molecule has 0 bridgehead atoms. The lowest BCUT2D eigenvalue weighted by Crippen LogP contribution is -2.27. The summed E-state index contributed by atoms with van der Waals surface area (Å²) in [5, 5.41) is 12.6. The van der Waals surface area contributed by atoms with Gasteiger partial charge in [-0.25, -0.2) is 4.79 Å². The number of nitrogens with one attached hydrogen (secondary N) is 1. The summed E-state index contributed by atoms with van der Waals surface area (Å²) in [6.45, 7) is 5.26. The van der Waals surface area contributed by atoms with Crippen molar-refractivity contribution in [3.63, 3.8) is 0 Å². The van der Waals surface area contributed by atoms with E-state index in [9.17, 15) is 14.7 Å². The zero-order valence-corrected chi connectivity index (χ0v) is 12.7. The molecular formula is C15H21NO5. The molecule has 0 aliphatic heterocycles. The molecule has 0 heterocycles. The first kappa shape index (κ1) is 17.0. The van der Waals surface area contributed by atoms with Crippen molar-refractivity contribution in [3.8, 4) is 0 Å². The van der Waals surface area contributed by atoms with Crippen molar-refractivity contribution in [1.29, 1.82) is 0 Å². The van der Waals surface area contributed by atoms with E-state index in [1.165, 1.54) is 7.11 Å². The van der Waals surface area contributed by atoms with Gasteiger partial charge in [0, 0.05) is 11.3 Å². The number of hydrogen-bond donors (Lipinski definition) is 2. The first-order valence-electron chi connectivity index (χ1n) is 6.56. The average molecular weight is 295 g/mol. The summed E-state index contributed by atoms with van der Waals surface area (Å²) in [4.78, 5) is 23.0. The topological polar surface area (TPSA) is 84.9 Å². The molecule has 6 heteroatoms. The lowest BCUT2D eigenvalue weighted by atomic mass is 10.0. The van der Waals surface area contributed by atoms with E-state index in [1.807, 2.05) is 0 Å². The molecule has 6 nitrogen and oxygen atoms in total. The number of para-hydroxylation sites is 1. The Morgan fingerprint density at radius 1 is 1.29 bits per heavy atom. The van der Waals surface area contributed by atoms with Gasteiger partial charge in [0.25, 0.3) is 0 Å². The fraction of sp³-hybridized carbons (Fsp3) is 0.467. The lowest BCUT2D eigenvalue weighted by molar-refractivity contribution is -0.142. The highest BCUT2D eigenvalue weighted by Gasteiger charge is 2.20. The van der Waals surface area contributed by atoms with Gasteiger partial charge in [-0.3, -0.25) is 10.1 Å². The second kappa shape index (κ2) is 7.08. The van der Waals surface area contributed by atoms with Crippen molar-refractivity contribution < 1.29 is 24.2 Å². The molecule has 0 unspecified atom stereocenters. The van der Waals surface area contributed by atoms with Gasteiger partial charge in [0.15, 0.2) is 0 Å². The van der Waals surface area contributed by atoms with Crippen LogP contribution in [0, 0.1) is 0 Å². The van der Waals surface area contributed by atoms with Gasteiger partial charge >= 0.3 is 12.1 Å². The van der Waals surface area contributed by atoms with Gasteiger partial charge < -0.3 is 14.6 Å². The standard InChI is InChI=1S/C15H21NO5/c1-15(2,3)21-14(19)16-11-8-6-5-7-10(11)12(17)9-13(18)20-4/h5-8,12,17H,9H2,1-4H3,(H,16,19)/t12-/m0/s1. The molecule has 1 amide bonds. The van der Waals surface area contributed by atoms with E-state index < -0.39 is 23.8 Å². The minimum absolute atomic E-state index is 0.191. The number of ether oxygens (including phenoxy) is 2. The van der Waals surface area contributed by atoms with Crippen molar-refractivity contribution in [2.75, 3.05) is 12.4 Å². The zero-order chi connectivity index (χ0) is 16.0. The van der Waals surface area contributed by atoms with E-state index >= 15 is 0 Å². The predicted octanol–water partition coefficient (Wildman–Crippen LogP) is 2.63. The van der Waals surface area contributed by atoms with Crippen LogP contribution >= 0.6 is 0 Å². The average Bonchev–Trinajstić information content (AvgIpc) is 2.36. The third-order valence-electron chi connectivity index (χ3n) is 2.54. The first-order chi connectivity index (χ1) is 9.73. The number of esters is 1. The highest BCUT2D eigenvalue weighted by Crippen LogP contribution is 2.26. The van der Waals surface area contributed by atoms with Crippen LogP contribution in [0.4, 0.5) is 10.5 Å². The van der Waals surface area contributed by atoms with Crippen molar-refractivity contribution in [2.45, 2.75) is 38.9 Å². The number of amides is 1. The van der Waals surface area contributed by atoms with Crippen LogP contribution in [0.1, 0.15) is 38.9 Å². The second-order valence-electron chi connectivity index (χ2n) is 5.51. The predicted molar refractivity (Wildman–Crippen MR) is 77.9 cm³/mol. The molecule has 0 saturated heterocycles. The largest absolute Gasteiger partial charge is 0.469 e. The number of anilines is 1. The fourth-order valence-corrected chi connectivity index (χ4v) is 1.67. The lowest BCUT2D eigenvalue weighted by Gasteiger charge is -2.21. The number of benzene rings is 1. The third kappa shape index (κ3) is 5.83. The Bertz CT molecular complexity index is 507. The van der Waals surface area contributed by atoms with Gasteiger partial charge in [-0.15, -0.1) is 0 Å². The monoisotopic (exact) mass is 295 g/mol. The quantitative estimate of drug-likeness (QED) is 0.834. The highest BCUT2D eigenvalue weighted by atomic mass is 16.6. The number of carbonyl (C=O) groups excluding carboxylic acids is 2. The van der Waals surface area contributed by atoms with Gasteiger partial charge in [-0.05, 0) is 26.8 Å². The molecule has 0 aliphatic rings. The Balaban J connectivity index is 2.84. The summed E-state index contributed by atoms with van der Waals surface area (Å²) in [5.41, 5.74) is 0.195. The number of aliphatic hydroxyl groups excluding tert-OH is 1. The van der Waals surface area contributed by atoms with Gasteiger partial charge in [0.1, 0.15) is 5.60 Å². The van der Waals surface area contributed by atoms with Crippen LogP contribution in [0.2, 0.25) is 0 Å². The van der Waals surface area contributed by atoms with Crippen molar-refractivity contribution in [1.82, 2.24) is 0 Å². The molecule has 0 aromatic heterocycles. The number of rotatable bonds is 4. The van der Waals surface area contributed by atoms with Crippen LogP contribution in [0.5, 0.6) is 0 Å². The molecule has 1 rings (SSSR count). The Morgan fingerprint density at radius 2 is 1.90 bits per heavy atom. The maximum absolute atomic E-state index is 11.8. The Morgan fingerprint density at radius 3 is 2.48 bits per heavy atom. The Labute approximate surface area is 124 Å². The number of carbonyl (C=O) groups is 2. The molecule has 116 valence electrons. The number of hydrogen-bond acceptors (Lipinski definition) is 5. The van der Waals surface area contributed by atoms with E-state index in [0.29, 0.717) is 11.3 Å². The van der Waals surface area contributed by atoms with Crippen molar-refractivity contribution in [2.24, 2.45) is 0 Å². The highest BCUT2D eigenvalue weighted by molar-refractivity contribution is 5.86. The van der Waals surface area contributed by atoms with E-state index in [4.69, 9.17) is 4.74 Å². The van der Waals surface area contributed by atoms with Gasteiger partial charge in [0.05, 0.1) is 19.6 Å². The van der Waals surface area contributed by atoms with Gasteiger partial charge in [-0.2, -0.15) is 0 Å². The minimum Gasteiger partial charge on any atom is -0.469 e. The van der Waals surface area contributed by atoms with Crippen LogP contribution in [-0.4, -0.2) is 29.9 Å². The molecule has 1 aromatic carbocycles. The van der Waals surface area contributed by atoms with E-state index in [2.05, 4.69) is 10.1 Å². The minimum atomic E-state index is -1.07. The summed E-state index contributed by atoms with van der Waals surface area (Å²) >= 11 is 0. The molecule has 1 atom stereocenters. The molecule has 1 aromatic rings. The van der Waals surface area contributed by atoms with Crippen molar-refractivity contribution in [3.05, 3.63) is 29.8 Å². The number of aliphatic hydroxyl groups is 1. The molecular weight excluding hydrogens is 274 g/mol. The fourth-order valence-electron chi connectivity index (χ4n) is 1.67. The van der Waals surface area contributed by atoms with Crippen LogP contribution in [0.15, 0.2) is 24.3 Å². The Kier molecular flexibility index (Phi) is 5.72.